The average molecular weight is 179 g/mol. The molecule has 1 fully saturated rings. The number of carbonyl (C=O) groups excluding carboxylic acids is 1. The topological polar surface area (TPSA) is 56.1 Å². The molecule has 0 spiro atoms. The Balaban J connectivity index is 2.62. The Kier molecular flexibility index (Phi) is 3.47. The minimum atomic E-state index is -0.0817. The van der Waals surface area contributed by atoms with Gasteiger partial charge in [0.05, 0.1) is 18.5 Å². The molecule has 0 aliphatic carbocycles. The molecule has 1 saturated heterocycles. The lowest BCUT2D eigenvalue weighted by atomic mass is 10.1. The first kappa shape index (κ1) is 9.75. The van der Waals surface area contributed by atoms with Gasteiger partial charge in [0.15, 0.2) is 0 Å². The molecular weight excluding hydrogens is 166 g/mol. The summed E-state index contributed by atoms with van der Waals surface area (Å²) in [6.45, 7) is 5.59. The maximum absolute atomic E-state index is 11.3. The third kappa shape index (κ3) is 2.30. The van der Waals surface area contributed by atoms with E-state index in [9.17, 15) is 4.79 Å². The van der Waals surface area contributed by atoms with E-state index in [0.717, 1.165) is 6.54 Å². The van der Waals surface area contributed by atoms with Gasteiger partial charge in [-0.15, -0.1) is 0 Å². The molecule has 4 heteroatoms. The lowest BCUT2D eigenvalue weighted by molar-refractivity contribution is -0.128. The first-order valence-electron chi connectivity index (χ1n) is 4.30. The van der Waals surface area contributed by atoms with E-state index in [1.165, 1.54) is 6.08 Å². The van der Waals surface area contributed by atoms with Crippen molar-refractivity contribution in [3.05, 3.63) is 12.7 Å². The Morgan fingerprint density at radius 3 is 3.23 bits per heavy atom. The molecule has 1 heterocycles. The molecule has 0 radical (unpaired) electrons. The second kappa shape index (κ2) is 4.63. The number of piperazine rings is 1. The molecule has 0 unspecified atom stereocenters. The average Bonchev–Trinajstić information content (AvgIpc) is 2.18. The fourth-order valence-electron chi connectivity index (χ4n) is 1.46. The van der Waals surface area contributed by atoms with Crippen molar-refractivity contribution >= 4 is 5.91 Å². The number of rotatable bonds is 2. The molecule has 0 bridgehead atoms. The predicted octanol–water partition coefficient (Wildman–Crippen LogP) is -0.114. The SMILES string of the molecule is C=CC(=O)N1CCNC[C@H]1CC#N. The van der Waals surface area contributed by atoms with Gasteiger partial charge in [0.2, 0.25) is 5.91 Å². The van der Waals surface area contributed by atoms with Crippen LogP contribution in [-0.2, 0) is 4.79 Å². The van der Waals surface area contributed by atoms with Gasteiger partial charge < -0.3 is 10.2 Å². The van der Waals surface area contributed by atoms with Crippen LogP contribution in [0.1, 0.15) is 6.42 Å². The zero-order valence-electron chi connectivity index (χ0n) is 7.49. The quantitative estimate of drug-likeness (QED) is 0.601. The number of amides is 1. The number of hydrogen-bond donors (Lipinski definition) is 1. The van der Waals surface area contributed by atoms with Gasteiger partial charge in [-0.1, -0.05) is 6.58 Å². The van der Waals surface area contributed by atoms with Gasteiger partial charge in [0, 0.05) is 19.6 Å². The van der Waals surface area contributed by atoms with Crippen LogP contribution in [0.5, 0.6) is 0 Å². The molecule has 1 aliphatic heterocycles. The second-order valence-electron chi connectivity index (χ2n) is 2.96. The monoisotopic (exact) mass is 179 g/mol. The van der Waals surface area contributed by atoms with E-state index in [2.05, 4.69) is 18.0 Å². The summed E-state index contributed by atoms with van der Waals surface area (Å²) in [6, 6.07) is 2.08. The van der Waals surface area contributed by atoms with E-state index >= 15 is 0 Å². The van der Waals surface area contributed by atoms with Gasteiger partial charge in [-0.2, -0.15) is 5.26 Å². The van der Waals surface area contributed by atoms with Gasteiger partial charge in [-0.3, -0.25) is 4.79 Å². The summed E-state index contributed by atoms with van der Waals surface area (Å²) in [5.41, 5.74) is 0. The molecule has 1 amide bonds. The van der Waals surface area contributed by atoms with Crippen molar-refractivity contribution in [3.8, 4) is 6.07 Å². The van der Waals surface area contributed by atoms with Crippen molar-refractivity contribution in [2.24, 2.45) is 0 Å². The lowest BCUT2D eigenvalue weighted by Crippen LogP contribution is -2.53. The Labute approximate surface area is 77.8 Å². The van der Waals surface area contributed by atoms with E-state index in [1.807, 2.05) is 0 Å². The summed E-state index contributed by atoms with van der Waals surface area (Å²) in [6.07, 6.45) is 1.68. The van der Waals surface area contributed by atoms with Gasteiger partial charge in [-0.05, 0) is 6.08 Å². The normalized spacial score (nSPS) is 22.1. The molecular formula is C9H13N3O. The third-order valence-electron chi connectivity index (χ3n) is 2.13. The number of hydrogen-bond acceptors (Lipinski definition) is 3. The Hall–Kier alpha value is -1.34. The largest absolute Gasteiger partial charge is 0.333 e. The molecule has 0 aromatic heterocycles. The van der Waals surface area contributed by atoms with Crippen LogP contribution >= 0.6 is 0 Å². The number of nitrogens with zero attached hydrogens (tertiary/aromatic N) is 2. The summed E-state index contributed by atoms with van der Waals surface area (Å²) in [4.78, 5) is 13.0. The summed E-state index contributed by atoms with van der Waals surface area (Å²) in [7, 11) is 0. The van der Waals surface area contributed by atoms with E-state index < -0.39 is 0 Å². The number of carbonyl (C=O) groups is 1. The van der Waals surface area contributed by atoms with Crippen molar-refractivity contribution in [1.82, 2.24) is 10.2 Å². The molecule has 4 nitrogen and oxygen atoms in total. The standard InChI is InChI=1S/C9H13N3O/c1-2-9(13)12-6-5-11-7-8(12)3-4-10/h2,8,11H,1,3,5-7H2/t8-/m1/s1. The predicted molar refractivity (Wildman–Crippen MR) is 48.8 cm³/mol. The summed E-state index contributed by atoms with van der Waals surface area (Å²) in [5.74, 6) is -0.0817. The van der Waals surface area contributed by atoms with Crippen LogP contribution in [0.3, 0.4) is 0 Å². The van der Waals surface area contributed by atoms with Crippen molar-refractivity contribution in [3.63, 3.8) is 0 Å². The van der Waals surface area contributed by atoms with Crippen LogP contribution in [0.25, 0.3) is 0 Å². The fourth-order valence-corrected chi connectivity index (χ4v) is 1.46. The number of nitriles is 1. The lowest BCUT2D eigenvalue weighted by Gasteiger charge is -2.34. The summed E-state index contributed by atoms with van der Waals surface area (Å²) < 4.78 is 0. The summed E-state index contributed by atoms with van der Waals surface area (Å²) >= 11 is 0. The molecule has 0 aromatic carbocycles. The maximum Gasteiger partial charge on any atom is 0.246 e. The zero-order chi connectivity index (χ0) is 9.68. The molecule has 1 aliphatic rings. The fraction of sp³-hybridized carbons (Fsp3) is 0.556. The van der Waals surface area contributed by atoms with Crippen LogP contribution in [-0.4, -0.2) is 36.5 Å². The van der Waals surface area contributed by atoms with Gasteiger partial charge in [0.1, 0.15) is 0 Å². The van der Waals surface area contributed by atoms with E-state index in [4.69, 9.17) is 5.26 Å². The van der Waals surface area contributed by atoms with Crippen LogP contribution in [0, 0.1) is 11.3 Å². The number of nitrogens with one attached hydrogen (secondary N) is 1. The minimum Gasteiger partial charge on any atom is -0.333 e. The molecule has 1 rings (SSSR count). The first-order chi connectivity index (χ1) is 6.29. The van der Waals surface area contributed by atoms with Crippen LogP contribution in [0.4, 0.5) is 0 Å². The van der Waals surface area contributed by atoms with Crippen molar-refractivity contribution in [2.75, 3.05) is 19.6 Å². The third-order valence-corrected chi connectivity index (χ3v) is 2.13. The van der Waals surface area contributed by atoms with Gasteiger partial charge in [0.25, 0.3) is 0 Å². The highest BCUT2D eigenvalue weighted by atomic mass is 16.2. The minimum absolute atomic E-state index is 0.00394. The van der Waals surface area contributed by atoms with E-state index in [0.29, 0.717) is 19.5 Å². The second-order valence-corrected chi connectivity index (χ2v) is 2.96. The highest BCUT2D eigenvalue weighted by molar-refractivity contribution is 5.87. The van der Waals surface area contributed by atoms with Gasteiger partial charge >= 0.3 is 0 Å². The molecule has 13 heavy (non-hydrogen) atoms. The molecule has 0 saturated carbocycles. The zero-order valence-corrected chi connectivity index (χ0v) is 7.49. The van der Waals surface area contributed by atoms with Crippen molar-refractivity contribution in [2.45, 2.75) is 12.5 Å². The highest BCUT2D eigenvalue weighted by Crippen LogP contribution is 2.07. The molecule has 1 atom stereocenters. The summed E-state index contributed by atoms with van der Waals surface area (Å²) in [5, 5.41) is 11.7. The highest BCUT2D eigenvalue weighted by Gasteiger charge is 2.24. The molecule has 0 aromatic rings. The molecule has 1 N–H and O–H groups in total. The Morgan fingerprint density at radius 1 is 1.85 bits per heavy atom. The maximum atomic E-state index is 11.3. The first-order valence-corrected chi connectivity index (χ1v) is 4.30. The van der Waals surface area contributed by atoms with E-state index in [1.54, 1.807) is 4.90 Å². The van der Waals surface area contributed by atoms with E-state index in [-0.39, 0.29) is 11.9 Å². The van der Waals surface area contributed by atoms with Crippen LogP contribution in [0.15, 0.2) is 12.7 Å². The molecule has 70 valence electrons. The van der Waals surface area contributed by atoms with Crippen LogP contribution < -0.4 is 5.32 Å². The van der Waals surface area contributed by atoms with Crippen LogP contribution in [0.2, 0.25) is 0 Å². The Bertz CT molecular complexity index is 244. The Morgan fingerprint density at radius 2 is 2.62 bits per heavy atom. The smallest absolute Gasteiger partial charge is 0.246 e. The van der Waals surface area contributed by atoms with Gasteiger partial charge in [-0.25, -0.2) is 0 Å². The van der Waals surface area contributed by atoms with Crippen molar-refractivity contribution < 1.29 is 4.79 Å². The van der Waals surface area contributed by atoms with Crippen molar-refractivity contribution in [1.29, 1.82) is 5.26 Å².